The van der Waals surface area contributed by atoms with E-state index in [2.05, 4.69) is 15.0 Å². The van der Waals surface area contributed by atoms with E-state index in [-0.39, 0.29) is 12.3 Å². The van der Waals surface area contributed by atoms with Crippen LogP contribution >= 0.6 is 0 Å². The third-order valence-electron chi connectivity index (χ3n) is 3.31. The molecule has 1 aliphatic heterocycles. The molecule has 0 bridgehead atoms. The van der Waals surface area contributed by atoms with Crippen molar-refractivity contribution in [1.82, 2.24) is 19.5 Å². The van der Waals surface area contributed by atoms with Crippen molar-refractivity contribution in [2.24, 2.45) is 0 Å². The number of hydrogen-bond donors (Lipinski definition) is 1. The Balaban J connectivity index is 1.94. The minimum Gasteiger partial charge on any atom is -0.382 e. The number of nitrogens with zero attached hydrogens (tertiary/aromatic N) is 4. The van der Waals surface area contributed by atoms with E-state index in [9.17, 15) is 0 Å². The molecule has 2 atom stereocenters. The van der Waals surface area contributed by atoms with E-state index < -0.39 is 0 Å². The summed E-state index contributed by atoms with van der Waals surface area (Å²) < 4.78 is 13.0. The van der Waals surface area contributed by atoms with Crippen LogP contribution in [-0.4, -0.2) is 39.3 Å². The summed E-state index contributed by atoms with van der Waals surface area (Å²) in [5, 5.41) is 0. The number of ether oxygens (including phenoxy) is 2. The van der Waals surface area contributed by atoms with E-state index in [0.29, 0.717) is 23.8 Å². The summed E-state index contributed by atoms with van der Waals surface area (Å²) in [4.78, 5) is 12.8. The number of imidazole rings is 1. The zero-order chi connectivity index (χ0) is 13.4. The number of aryl methyl sites for hydroxylation is 1. The zero-order valence-corrected chi connectivity index (χ0v) is 11.0. The van der Waals surface area contributed by atoms with Crippen LogP contribution in [0.15, 0.2) is 6.33 Å². The van der Waals surface area contributed by atoms with Crippen LogP contribution in [0.4, 0.5) is 5.82 Å². The van der Waals surface area contributed by atoms with E-state index in [1.807, 2.05) is 11.5 Å². The Labute approximate surface area is 110 Å². The van der Waals surface area contributed by atoms with Crippen LogP contribution < -0.4 is 5.73 Å². The SMILES string of the molecule is COC[C@@H]1CCC(n2cnc3c(N)nc(C)nc32)O1. The van der Waals surface area contributed by atoms with Gasteiger partial charge in [0.2, 0.25) is 0 Å². The van der Waals surface area contributed by atoms with Gasteiger partial charge in [-0.15, -0.1) is 0 Å². The average molecular weight is 263 g/mol. The van der Waals surface area contributed by atoms with Crippen LogP contribution in [0.2, 0.25) is 0 Å². The quantitative estimate of drug-likeness (QED) is 0.890. The summed E-state index contributed by atoms with van der Waals surface area (Å²) in [5.41, 5.74) is 7.22. The van der Waals surface area contributed by atoms with Gasteiger partial charge in [-0.2, -0.15) is 0 Å². The summed E-state index contributed by atoms with van der Waals surface area (Å²) in [6.07, 6.45) is 3.68. The van der Waals surface area contributed by atoms with Gasteiger partial charge < -0.3 is 15.2 Å². The van der Waals surface area contributed by atoms with Crippen molar-refractivity contribution >= 4 is 17.0 Å². The number of methoxy groups -OCH3 is 1. The first-order valence-corrected chi connectivity index (χ1v) is 6.30. The molecule has 0 amide bonds. The van der Waals surface area contributed by atoms with E-state index in [4.69, 9.17) is 15.2 Å². The lowest BCUT2D eigenvalue weighted by Gasteiger charge is -2.14. The molecule has 1 aliphatic rings. The smallest absolute Gasteiger partial charge is 0.167 e. The molecular weight excluding hydrogens is 246 g/mol. The first kappa shape index (κ1) is 12.3. The van der Waals surface area contributed by atoms with E-state index in [1.54, 1.807) is 13.4 Å². The Hall–Kier alpha value is -1.73. The van der Waals surface area contributed by atoms with Gasteiger partial charge in [0.05, 0.1) is 19.0 Å². The fraction of sp³-hybridized carbons (Fsp3) is 0.583. The molecule has 3 rings (SSSR count). The Kier molecular flexibility index (Phi) is 3.08. The molecule has 7 nitrogen and oxygen atoms in total. The van der Waals surface area contributed by atoms with Crippen LogP contribution in [0.1, 0.15) is 24.9 Å². The molecule has 0 radical (unpaired) electrons. The number of hydrogen-bond acceptors (Lipinski definition) is 6. The van der Waals surface area contributed by atoms with Gasteiger partial charge in [0.1, 0.15) is 17.6 Å². The van der Waals surface area contributed by atoms with Crippen molar-refractivity contribution in [3.05, 3.63) is 12.2 Å². The van der Waals surface area contributed by atoms with Crippen LogP contribution in [-0.2, 0) is 9.47 Å². The molecule has 2 aromatic heterocycles. The molecule has 0 aromatic carbocycles. The average Bonchev–Trinajstić information content (AvgIpc) is 2.95. The predicted molar refractivity (Wildman–Crippen MR) is 69.5 cm³/mol. The van der Waals surface area contributed by atoms with Gasteiger partial charge >= 0.3 is 0 Å². The van der Waals surface area contributed by atoms with Crippen molar-refractivity contribution < 1.29 is 9.47 Å². The van der Waals surface area contributed by atoms with Crippen molar-refractivity contribution in [3.63, 3.8) is 0 Å². The summed E-state index contributed by atoms with van der Waals surface area (Å²) in [6.45, 7) is 2.43. The van der Waals surface area contributed by atoms with Gasteiger partial charge in [-0.1, -0.05) is 0 Å². The third-order valence-corrected chi connectivity index (χ3v) is 3.31. The van der Waals surface area contributed by atoms with Crippen molar-refractivity contribution in [2.75, 3.05) is 19.5 Å². The molecule has 1 saturated heterocycles. The van der Waals surface area contributed by atoms with Gasteiger partial charge in [0, 0.05) is 7.11 Å². The number of rotatable bonds is 3. The van der Waals surface area contributed by atoms with Gasteiger partial charge in [-0.3, -0.25) is 4.57 Å². The maximum absolute atomic E-state index is 5.93. The highest BCUT2D eigenvalue weighted by molar-refractivity contribution is 5.81. The number of fused-ring (bicyclic) bond motifs is 1. The normalized spacial score (nSPS) is 23.3. The molecule has 1 unspecified atom stereocenters. The van der Waals surface area contributed by atoms with E-state index >= 15 is 0 Å². The molecule has 102 valence electrons. The van der Waals surface area contributed by atoms with Crippen molar-refractivity contribution in [3.8, 4) is 0 Å². The number of nitrogen functional groups attached to an aromatic ring is 1. The molecule has 0 aliphatic carbocycles. The van der Waals surface area contributed by atoms with Crippen molar-refractivity contribution in [2.45, 2.75) is 32.1 Å². The maximum atomic E-state index is 5.93. The largest absolute Gasteiger partial charge is 0.382 e. The highest BCUT2D eigenvalue weighted by Crippen LogP contribution is 2.31. The molecular formula is C12H17N5O2. The first-order chi connectivity index (χ1) is 9.19. The summed E-state index contributed by atoms with van der Waals surface area (Å²) in [7, 11) is 1.68. The predicted octanol–water partition coefficient (Wildman–Crippen LogP) is 1.04. The third kappa shape index (κ3) is 2.15. The summed E-state index contributed by atoms with van der Waals surface area (Å²) in [6, 6.07) is 0. The second-order valence-corrected chi connectivity index (χ2v) is 4.73. The minimum absolute atomic E-state index is 0.0566. The monoisotopic (exact) mass is 263 g/mol. The number of anilines is 1. The van der Waals surface area contributed by atoms with Gasteiger partial charge in [0.25, 0.3) is 0 Å². The topological polar surface area (TPSA) is 88.1 Å². The zero-order valence-electron chi connectivity index (χ0n) is 11.0. The summed E-state index contributed by atoms with van der Waals surface area (Å²) in [5.74, 6) is 1.05. The van der Waals surface area contributed by atoms with E-state index in [1.165, 1.54) is 0 Å². The Morgan fingerprint density at radius 1 is 1.47 bits per heavy atom. The molecule has 2 N–H and O–H groups in total. The van der Waals surface area contributed by atoms with Crippen LogP contribution in [0.25, 0.3) is 11.2 Å². The lowest BCUT2D eigenvalue weighted by molar-refractivity contribution is -0.0300. The Morgan fingerprint density at radius 2 is 2.32 bits per heavy atom. The second-order valence-electron chi connectivity index (χ2n) is 4.73. The van der Waals surface area contributed by atoms with Crippen LogP contribution in [0.3, 0.4) is 0 Å². The minimum atomic E-state index is -0.0566. The molecule has 3 heterocycles. The molecule has 1 fully saturated rings. The molecule has 0 saturated carbocycles. The highest BCUT2D eigenvalue weighted by Gasteiger charge is 2.28. The van der Waals surface area contributed by atoms with Crippen LogP contribution in [0.5, 0.6) is 0 Å². The maximum Gasteiger partial charge on any atom is 0.167 e. The fourth-order valence-electron chi connectivity index (χ4n) is 2.46. The van der Waals surface area contributed by atoms with Crippen molar-refractivity contribution in [1.29, 1.82) is 0 Å². The van der Waals surface area contributed by atoms with Crippen LogP contribution in [0, 0.1) is 6.92 Å². The van der Waals surface area contributed by atoms with E-state index in [0.717, 1.165) is 18.5 Å². The first-order valence-electron chi connectivity index (χ1n) is 6.30. The van der Waals surface area contributed by atoms with Gasteiger partial charge in [-0.25, -0.2) is 15.0 Å². The highest BCUT2D eigenvalue weighted by atomic mass is 16.5. The lowest BCUT2D eigenvalue weighted by atomic mass is 10.2. The van der Waals surface area contributed by atoms with Gasteiger partial charge in [-0.05, 0) is 19.8 Å². The lowest BCUT2D eigenvalue weighted by Crippen LogP contribution is -2.15. The van der Waals surface area contributed by atoms with Gasteiger partial charge in [0.15, 0.2) is 11.5 Å². The summed E-state index contributed by atoms with van der Waals surface area (Å²) >= 11 is 0. The standard InChI is InChI=1S/C12H17N5O2/c1-7-15-11(13)10-12(16-7)17(6-14-10)9-4-3-8(19-9)5-18-2/h6,8-9H,3-5H2,1-2H3,(H2,13,15,16)/t8-,9?/m0/s1. The number of nitrogens with two attached hydrogens (primary N) is 1. The molecule has 19 heavy (non-hydrogen) atoms. The number of aromatic nitrogens is 4. The molecule has 0 spiro atoms. The second kappa shape index (κ2) is 4.75. The Bertz CT molecular complexity index is 597. The molecule has 2 aromatic rings. The Morgan fingerprint density at radius 3 is 3.11 bits per heavy atom. The molecule has 7 heteroatoms. The fourth-order valence-corrected chi connectivity index (χ4v) is 2.46.